The Labute approximate surface area is 64.1 Å². The Morgan fingerprint density at radius 3 is 2.91 bits per heavy atom. The Hall–Kier alpha value is -1.51. The van der Waals surface area contributed by atoms with Crippen molar-refractivity contribution in [1.82, 2.24) is 15.2 Å². The largest absolute Gasteiger partial charge is 0.261 e. The molecule has 0 bridgehead atoms. The lowest BCUT2D eigenvalue weighted by atomic mass is 10.2. The number of hydrogen-bond acceptors (Lipinski definition) is 3. The summed E-state index contributed by atoms with van der Waals surface area (Å²) in [5.41, 5.74) is 1.90. The van der Waals surface area contributed by atoms with Gasteiger partial charge in [-0.05, 0) is 19.1 Å². The van der Waals surface area contributed by atoms with E-state index >= 15 is 0 Å². The molecule has 0 aliphatic heterocycles. The molecule has 2 heterocycles. The lowest BCUT2D eigenvalue weighted by molar-refractivity contribution is 1.07. The van der Waals surface area contributed by atoms with Gasteiger partial charge in [-0.1, -0.05) is 0 Å². The SMILES string of the molecule is Cc1nccc2nnccc12. The third kappa shape index (κ3) is 0.941. The van der Waals surface area contributed by atoms with Crippen LogP contribution < -0.4 is 0 Å². The summed E-state index contributed by atoms with van der Waals surface area (Å²) < 4.78 is 0. The van der Waals surface area contributed by atoms with Crippen LogP contribution in [0.15, 0.2) is 24.5 Å². The Morgan fingerprint density at radius 1 is 1.18 bits per heavy atom. The summed E-state index contributed by atoms with van der Waals surface area (Å²) in [7, 11) is 0. The van der Waals surface area contributed by atoms with Gasteiger partial charge >= 0.3 is 0 Å². The second-order valence-electron chi connectivity index (χ2n) is 2.36. The van der Waals surface area contributed by atoms with Crippen molar-refractivity contribution in [3.63, 3.8) is 0 Å². The molecule has 54 valence electrons. The van der Waals surface area contributed by atoms with Crippen LogP contribution in [0.4, 0.5) is 0 Å². The van der Waals surface area contributed by atoms with Gasteiger partial charge in [0.1, 0.15) is 0 Å². The van der Waals surface area contributed by atoms with E-state index in [1.807, 2.05) is 19.1 Å². The van der Waals surface area contributed by atoms with Gasteiger partial charge in [-0.15, -0.1) is 0 Å². The quantitative estimate of drug-likeness (QED) is 0.561. The number of hydrogen-bond donors (Lipinski definition) is 0. The molecule has 2 rings (SSSR count). The minimum Gasteiger partial charge on any atom is -0.261 e. The van der Waals surface area contributed by atoms with Crippen LogP contribution in [0.5, 0.6) is 0 Å². The van der Waals surface area contributed by atoms with Crippen molar-refractivity contribution in [3.05, 3.63) is 30.2 Å². The van der Waals surface area contributed by atoms with E-state index in [9.17, 15) is 0 Å². The van der Waals surface area contributed by atoms with Crippen LogP contribution in [0.1, 0.15) is 5.69 Å². The maximum atomic E-state index is 4.14. The molecule has 2 aromatic rings. The maximum Gasteiger partial charge on any atom is 0.0963 e. The van der Waals surface area contributed by atoms with Crippen molar-refractivity contribution in [2.24, 2.45) is 0 Å². The predicted molar refractivity (Wildman–Crippen MR) is 42.1 cm³/mol. The van der Waals surface area contributed by atoms with Crippen LogP contribution in [-0.2, 0) is 0 Å². The van der Waals surface area contributed by atoms with E-state index in [4.69, 9.17) is 0 Å². The van der Waals surface area contributed by atoms with E-state index in [2.05, 4.69) is 15.2 Å². The summed E-state index contributed by atoms with van der Waals surface area (Å²) in [6.45, 7) is 1.96. The first kappa shape index (κ1) is 6.22. The smallest absolute Gasteiger partial charge is 0.0963 e. The average molecular weight is 145 g/mol. The number of aryl methyl sites for hydroxylation is 1. The molecule has 0 radical (unpaired) electrons. The zero-order valence-electron chi connectivity index (χ0n) is 6.15. The zero-order valence-corrected chi connectivity index (χ0v) is 6.15. The molecular formula is C8H7N3. The number of rotatable bonds is 0. The third-order valence-electron chi connectivity index (χ3n) is 1.64. The van der Waals surface area contributed by atoms with Crippen LogP contribution in [0.3, 0.4) is 0 Å². The van der Waals surface area contributed by atoms with Crippen molar-refractivity contribution >= 4 is 10.9 Å². The molecule has 0 N–H and O–H groups in total. The van der Waals surface area contributed by atoms with Crippen LogP contribution in [0.25, 0.3) is 10.9 Å². The summed E-state index contributed by atoms with van der Waals surface area (Å²) in [5, 5.41) is 8.80. The van der Waals surface area contributed by atoms with Crippen LogP contribution >= 0.6 is 0 Å². The van der Waals surface area contributed by atoms with Gasteiger partial charge in [0.2, 0.25) is 0 Å². The molecule has 0 saturated heterocycles. The second kappa shape index (κ2) is 2.27. The highest BCUT2D eigenvalue weighted by Crippen LogP contribution is 2.10. The van der Waals surface area contributed by atoms with Crippen LogP contribution in [-0.4, -0.2) is 15.2 Å². The molecule has 0 unspecified atom stereocenters. The number of aromatic nitrogens is 3. The van der Waals surface area contributed by atoms with Gasteiger partial charge in [-0.2, -0.15) is 10.2 Å². The van der Waals surface area contributed by atoms with Crippen molar-refractivity contribution in [2.75, 3.05) is 0 Å². The Kier molecular flexibility index (Phi) is 1.28. The van der Waals surface area contributed by atoms with Crippen molar-refractivity contribution < 1.29 is 0 Å². The molecule has 0 aromatic carbocycles. The lowest BCUT2D eigenvalue weighted by Gasteiger charge is -1.96. The molecule has 0 saturated carbocycles. The van der Waals surface area contributed by atoms with E-state index in [-0.39, 0.29) is 0 Å². The molecule has 0 atom stereocenters. The van der Waals surface area contributed by atoms with Crippen molar-refractivity contribution in [3.8, 4) is 0 Å². The normalized spacial score (nSPS) is 10.3. The van der Waals surface area contributed by atoms with E-state index in [1.165, 1.54) is 0 Å². The summed E-state index contributed by atoms with van der Waals surface area (Å²) in [6, 6.07) is 3.78. The first-order chi connectivity index (χ1) is 5.38. The average Bonchev–Trinajstić information content (AvgIpc) is 2.06. The third-order valence-corrected chi connectivity index (χ3v) is 1.64. The molecule has 0 amide bonds. The van der Waals surface area contributed by atoms with Gasteiger partial charge in [0, 0.05) is 17.3 Å². The van der Waals surface area contributed by atoms with E-state index in [1.54, 1.807) is 12.4 Å². The lowest BCUT2D eigenvalue weighted by Crippen LogP contribution is -1.86. The summed E-state index contributed by atoms with van der Waals surface area (Å²) in [4.78, 5) is 4.14. The maximum absolute atomic E-state index is 4.14. The molecule has 0 fully saturated rings. The highest BCUT2D eigenvalue weighted by molar-refractivity contribution is 5.79. The fourth-order valence-electron chi connectivity index (χ4n) is 1.06. The Balaban J connectivity index is 2.91. The minimum absolute atomic E-state index is 0.903. The van der Waals surface area contributed by atoms with Crippen LogP contribution in [0, 0.1) is 6.92 Å². The zero-order chi connectivity index (χ0) is 7.68. The molecule has 0 spiro atoms. The highest BCUT2D eigenvalue weighted by atomic mass is 15.1. The molecular weight excluding hydrogens is 138 g/mol. The van der Waals surface area contributed by atoms with E-state index in [0.717, 1.165) is 16.6 Å². The van der Waals surface area contributed by atoms with E-state index < -0.39 is 0 Å². The van der Waals surface area contributed by atoms with Crippen molar-refractivity contribution in [2.45, 2.75) is 6.92 Å². The fraction of sp³-hybridized carbons (Fsp3) is 0.125. The van der Waals surface area contributed by atoms with E-state index in [0.29, 0.717) is 0 Å². The highest BCUT2D eigenvalue weighted by Gasteiger charge is 1.95. The molecule has 3 heteroatoms. The Bertz CT molecular complexity index is 378. The Morgan fingerprint density at radius 2 is 2.09 bits per heavy atom. The summed E-state index contributed by atoms with van der Waals surface area (Å²) in [5.74, 6) is 0. The molecule has 2 aromatic heterocycles. The number of nitrogens with zero attached hydrogens (tertiary/aromatic N) is 3. The summed E-state index contributed by atoms with van der Waals surface area (Å²) in [6.07, 6.45) is 3.42. The van der Waals surface area contributed by atoms with Gasteiger partial charge in [-0.3, -0.25) is 4.98 Å². The molecule has 11 heavy (non-hydrogen) atoms. The molecule has 3 nitrogen and oxygen atoms in total. The van der Waals surface area contributed by atoms with Gasteiger partial charge in [0.25, 0.3) is 0 Å². The second-order valence-corrected chi connectivity index (χ2v) is 2.36. The van der Waals surface area contributed by atoms with Gasteiger partial charge in [0.15, 0.2) is 0 Å². The van der Waals surface area contributed by atoms with Gasteiger partial charge in [-0.25, -0.2) is 0 Å². The monoisotopic (exact) mass is 145 g/mol. The van der Waals surface area contributed by atoms with Gasteiger partial charge < -0.3 is 0 Å². The van der Waals surface area contributed by atoms with Crippen molar-refractivity contribution in [1.29, 1.82) is 0 Å². The molecule has 0 aliphatic carbocycles. The molecule has 0 aliphatic rings. The van der Waals surface area contributed by atoms with Gasteiger partial charge in [0.05, 0.1) is 11.7 Å². The summed E-state index contributed by atoms with van der Waals surface area (Å²) >= 11 is 0. The predicted octanol–water partition coefficient (Wildman–Crippen LogP) is 1.33. The minimum atomic E-state index is 0.903. The standard InChI is InChI=1S/C8H7N3/c1-6-7-2-5-10-11-8(7)3-4-9-6/h2-5H,1H3. The van der Waals surface area contributed by atoms with Crippen LogP contribution in [0.2, 0.25) is 0 Å². The number of pyridine rings is 1. The first-order valence-electron chi connectivity index (χ1n) is 3.41. The topological polar surface area (TPSA) is 38.7 Å². The fourth-order valence-corrected chi connectivity index (χ4v) is 1.06. The number of fused-ring (bicyclic) bond motifs is 1. The first-order valence-corrected chi connectivity index (χ1v) is 3.41.